The molecule has 3 rings (SSSR count). The van der Waals surface area contributed by atoms with E-state index in [0.29, 0.717) is 11.3 Å². The van der Waals surface area contributed by atoms with Gasteiger partial charge in [-0.3, -0.25) is 4.79 Å². The number of nitrogens with zero attached hydrogens (tertiary/aromatic N) is 1. The molecule has 0 spiro atoms. The summed E-state index contributed by atoms with van der Waals surface area (Å²) in [4.78, 5) is 12.0. The van der Waals surface area contributed by atoms with E-state index >= 15 is 0 Å². The van der Waals surface area contributed by atoms with Gasteiger partial charge in [0.2, 0.25) is 0 Å². The van der Waals surface area contributed by atoms with Crippen LogP contribution in [0.25, 0.3) is 11.1 Å². The average Bonchev–Trinajstić information content (AvgIpc) is 2.47. The third-order valence-electron chi connectivity index (χ3n) is 3.28. The molecule has 1 amide bonds. The van der Waals surface area contributed by atoms with Crippen molar-refractivity contribution >= 4 is 11.6 Å². The van der Waals surface area contributed by atoms with Gasteiger partial charge in [-0.05, 0) is 36.2 Å². The maximum atomic E-state index is 13.4. The van der Waals surface area contributed by atoms with Gasteiger partial charge in [-0.25, -0.2) is 9.71 Å². The Morgan fingerprint density at radius 3 is 2.72 bits per heavy atom. The highest BCUT2D eigenvalue weighted by molar-refractivity contribution is 5.95. The minimum absolute atomic E-state index is 0.230. The first-order valence-corrected chi connectivity index (χ1v) is 5.81. The lowest BCUT2D eigenvalue weighted by atomic mass is 9.92. The molecule has 2 aromatic rings. The monoisotopic (exact) mass is 240 g/mol. The van der Waals surface area contributed by atoms with Gasteiger partial charge in [0.05, 0.1) is 11.6 Å². The highest BCUT2D eigenvalue weighted by Gasteiger charge is 2.26. The maximum absolute atomic E-state index is 13.4. The van der Waals surface area contributed by atoms with Crippen LogP contribution in [-0.4, -0.2) is 5.91 Å². The highest BCUT2D eigenvalue weighted by Crippen LogP contribution is 2.38. The van der Waals surface area contributed by atoms with E-state index in [0.717, 1.165) is 11.1 Å². The third kappa shape index (κ3) is 1.59. The molecule has 0 saturated carbocycles. The second kappa shape index (κ2) is 3.95. The van der Waals surface area contributed by atoms with E-state index in [4.69, 9.17) is 0 Å². The molecule has 0 saturated heterocycles. The Morgan fingerprint density at radius 1 is 1.11 bits per heavy atom. The minimum atomic E-state index is -0.414. The van der Waals surface area contributed by atoms with Crippen molar-refractivity contribution in [1.29, 1.82) is 0 Å². The molecule has 0 bridgehead atoms. The van der Waals surface area contributed by atoms with Crippen molar-refractivity contribution in [2.75, 3.05) is 0 Å². The van der Waals surface area contributed by atoms with Crippen molar-refractivity contribution < 1.29 is 9.18 Å². The molecule has 1 heterocycles. The highest BCUT2D eigenvalue weighted by atomic mass is 19.1. The molecule has 1 aliphatic rings. The van der Waals surface area contributed by atoms with Crippen LogP contribution in [0, 0.1) is 5.82 Å². The summed E-state index contributed by atoms with van der Waals surface area (Å²) in [7, 11) is 0. The summed E-state index contributed by atoms with van der Waals surface area (Å²) in [5, 5.41) is 4.10. The first-order chi connectivity index (χ1) is 8.66. The van der Waals surface area contributed by atoms with Crippen LogP contribution in [0.1, 0.15) is 18.4 Å². The summed E-state index contributed by atoms with van der Waals surface area (Å²) < 4.78 is 13.4. The Kier molecular flexibility index (Phi) is 2.40. The number of carbonyl (C=O) groups excluding carboxylic acids is 1. The van der Waals surface area contributed by atoms with E-state index in [1.54, 1.807) is 19.1 Å². The number of para-hydroxylation sites is 1. The quantitative estimate of drug-likeness (QED) is 0.694. The lowest BCUT2D eigenvalue weighted by Gasteiger charge is -2.10. The normalized spacial score (nSPS) is 17.4. The van der Waals surface area contributed by atoms with Crippen molar-refractivity contribution in [2.24, 2.45) is 0 Å². The van der Waals surface area contributed by atoms with Crippen molar-refractivity contribution in [3.05, 3.63) is 53.8 Å². The van der Waals surface area contributed by atoms with Gasteiger partial charge in [0.25, 0.3) is 5.91 Å². The van der Waals surface area contributed by atoms with Gasteiger partial charge in [0.15, 0.2) is 0 Å². The maximum Gasteiger partial charge on any atom is 0.253 e. The first kappa shape index (κ1) is 11.0. The zero-order chi connectivity index (χ0) is 12.7. The molecular formula is C15H11FNO. The van der Waals surface area contributed by atoms with E-state index in [9.17, 15) is 9.18 Å². The summed E-state index contributed by atoms with van der Waals surface area (Å²) in [5.74, 6) is -0.970. The number of hydrogen-bond donors (Lipinski definition) is 0. The van der Waals surface area contributed by atoms with Crippen molar-refractivity contribution in [3.8, 4) is 11.1 Å². The van der Waals surface area contributed by atoms with E-state index in [2.05, 4.69) is 5.32 Å². The zero-order valence-electron chi connectivity index (χ0n) is 9.85. The lowest BCUT2D eigenvalue weighted by Crippen LogP contribution is -2.16. The Morgan fingerprint density at radius 2 is 1.89 bits per heavy atom. The molecule has 0 N–H and O–H groups in total. The molecule has 1 atom stereocenters. The molecule has 0 aromatic heterocycles. The standard InChI is InChI=1S/C15H11FNO/c1-9-13-8-10(16)6-7-11(13)12-4-2-3-5-14(12)17-15(9)18/h2-9H,1H3. The zero-order valence-corrected chi connectivity index (χ0v) is 9.85. The van der Waals surface area contributed by atoms with Crippen LogP contribution in [0.15, 0.2) is 42.5 Å². The number of hydrogen-bond acceptors (Lipinski definition) is 1. The summed E-state index contributed by atoms with van der Waals surface area (Å²) in [5.41, 5.74) is 3.12. The van der Waals surface area contributed by atoms with Gasteiger partial charge in [-0.15, -0.1) is 0 Å². The Labute approximate surface area is 104 Å². The average molecular weight is 240 g/mol. The van der Waals surface area contributed by atoms with Gasteiger partial charge in [0, 0.05) is 5.56 Å². The van der Waals surface area contributed by atoms with Crippen molar-refractivity contribution in [1.82, 2.24) is 5.32 Å². The molecule has 1 unspecified atom stereocenters. The Bertz CT molecular complexity index is 636. The molecule has 0 aliphatic carbocycles. The topological polar surface area (TPSA) is 31.2 Å². The van der Waals surface area contributed by atoms with Crippen LogP contribution in [0.5, 0.6) is 0 Å². The molecular weight excluding hydrogens is 229 g/mol. The summed E-state index contributed by atoms with van der Waals surface area (Å²) >= 11 is 0. The number of fused-ring (bicyclic) bond motifs is 3. The van der Waals surface area contributed by atoms with Crippen LogP contribution in [0.2, 0.25) is 0 Å². The summed E-state index contributed by atoms with van der Waals surface area (Å²) in [6.45, 7) is 1.76. The molecule has 18 heavy (non-hydrogen) atoms. The smallest absolute Gasteiger partial charge is 0.253 e. The number of rotatable bonds is 0. The lowest BCUT2D eigenvalue weighted by molar-refractivity contribution is -0.121. The molecule has 2 aromatic carbocycles. The van der Waals surface area contributed by atoms with E-state index in [1.165, 1.54) is 12.1 Å². The van der Waals surface area contributed by atoms with E-state index in [-0.39, 0.29) is 11.7 Å². The number of carbonyl (C=O) groups is 1. The predicted octanol–water partition coefficient (Wildman–Crippen LogP) is 3.37. The van der Waals surface area contributed by atoms with E-state index in [1.807, 2.05) is 18.2 Å². The van der Waals surface area contributed by atoms with Gasteiger partial charge in [0.1, 0.15) is 5.82 Å². The van der Waals surface area contributed by atoms with Crippen LogP contribution in [-0.2, 0) is 4.79 Å². The molecule has 2 nitrogen and oxygen atoms in total. The van der Waals surface area contributed by atoms with Crippen LogP contribution in [0.4, 0.5) is 10.1 Å². The van der Waals surface area contributed by atoms with Gasteiger partial charge >= 0.3 is 0 Å². The van der Waals surface area contributed by atoms with Gasteiger partial charge in [-0.1, -0.05) is 24.3 Å². The number of benzene rings is 2. The van der Waals surface area contributed by atoms with Gasteiger partial charge in [-0.2, -0.15) is 0 Å². The minimum Gasteiger partial charge on any atom is -0.272 e. The molecule has 1 radical (unpaired) electrons. The van der Waals surface area contributed by atoms with Gasteiger partial charge < -0.3 is 0 Å². The summed E-state index contributed by atoms with van der Waals surface area (Å²) in [6.07, 6.45) is 0. The second-order valence-electron chi connectivity index (χ2n) is 4.42. The molecule has 3 heteroatoms. The van der Waals surface area contributed by atoms with Crippen molar-refractivity contribution in [2.45, 2.75) is 12.8 Å². The Hall–Kier alpha value is -2.16. The molecule has 1 aliphatic heterocycles. The fourth-order valence-electron chi connectivity index (χ4n) is 2.28. The number of amides is 1. The van der Waals surface area contributed by atoms with Crippen molar-refractivity contribution in [3.63, 3.8) is 0 Å². The van der Waals surface area contributed by atoms with Crippen LogP contribution < -0.4 is 5.32 Å². The third-order valence-corrected chi connectivity index (χ3v) is 3.28. The number of halogens is 1. The first-order valence-electron chi connectivity index (χ1n) is 5.81. The van der Waals surface area contributed by atoms with Crippen LogP contribution in [0.3, 0.4) is 0 Å². The van der Waals surface area contributed by atoms with Crippen LogP contribution >= 0.6 is 0 Å². The second-order valence-corrected chi connectivity index (χ2v) is 4.42. The summed E-state index contributed by atoms with van der Waals surface area (Å²) in [6, 6.07) is 12.0. The Balaban J connectivity index is 2.33. The molecule has 89 valence electrons. The fraction of sp³-hybridized carbons (Fsp3) is 0.133. The van der Waals surface area contributed by atoms with E-state index < -0.39 is 5.92 Å². The SMILES string of the molecule is CC1C(=O)[N]c2ccccc2-c2ccc(F)cc21. The fourth-order valence-corrected chi connectivity index (χ4v) is 2.28. The predicted molar refractivity (Wildman–Crippen MR) is 67.1 cm³/mol. The largest absolute Gasteiger partial charge is 0.272 e. The molecule has 0 fully saturated rings.